The number of benzene rings is 9. The van der Waals surface area contributed by atoms with Gasteiger partial charge in [-0.05, 0) is 158 Å². The lowest BCUT2D eigenvalue weighted by atomic mass is 9.96. The van der Waals surface area contributed by atoms with Gasteiger partial charge in [0.05, 0.1) is 17.1 Å². The van der Waals surface area contributed by atoms with Crippen molar-refractivity contribution in [2.45, 2.75) is 0 Å². The first-order valence-electron chi connectivity index (χ1n) is 18.1. The van der Waals surface area contributed by atoms with E-state index in [1.165, 1.54) is 21.5 Å². The van der Waals surface area contributed by atoms with Crippen LogP contribution in [0.2, 0.25) is 0 Å². The summed E-state index contributed by atoms with van der Waals surface area (Å²) >= 11 is 0. The summed E-state index contributed by atoms with van der Waals surface area (Å²) in [7, 11) is 0. The highest BCUT2D eigenvalue weighted by atomic mass is 16.6. The Hall–Kier alpha value is -7.98. The summed E-state index contributed by atoms with van der Waals surface area (Å²) in [5, 5.41) is 35.7. The molecule has 12 rings (SSSR count). The van der Waals surface area contributed by atoms with Crippen LogP contribution in [0, 0.1) is 0 Å². The van der Waals surface area contributed by atoms with E-state index in [-0.39, 0.29) is 0 Å². The molecule has 3 heterocycles. The maximum absolute atomic E-state index is 5.50. The van der Waals surface area contributed by atoms with Gasteiger partial charge in [-0.3, -0.25) is 0 Å². The van der Waals surface area contributed by atoms with E-state index in [2.05, 4.69) is 140 Å². The minimum atomic E-state index is 0.546. The van der Waals surface area contributed by atoms with E-state index in [4.69, 9.17) is 13.9 Å². The van der Waals surface area contributed by atoms with Gasteiger partial charge in [0.2, 0.25) is 0 Å². The molecule has 0 aliphatic heterocycles. The van der Waals surface area contributed by atoms with Crippen LogP contribution >= 0.6 is 0 Å². The standard InChI is InChI=1S/C46H25N7O3/c1-3-8-28-22-34-24-32(14-12-30(34)20-26(28)6-1)36-16-18-40(45-42(36)48-55-51-45)53(39-11-5-10-38-44(39)50-54-47-38)41-19-17-37(43-46(41)52-56-49-43)33-15-13-31-21-27-7-2-4-9-29(27)23-35(31)25-33/h1-25H. The molecule has 0 aliphatic rings. The van der Waals surface area contributed by atoms with Crippen molar-refractivity contribution >= 4 is 93.3 Å². The van der Waals surface area contributed by atoms with Crippen LogP contribution in [0.4, 0.5) is 17.1 Å². The first kappa shape index (κ1) is 30.5. The molecule has 0 amide bonds. The lowest BCUT2D eigenvalue weighted by Crippen LogP contribution is -2.12. The van der Waals surface area contributed by atoms with Crippen LogP contribution < -0.4 is 4.90 Å². The van der Waals surface area contributed by atoms with Crippen molar-refractivity contribution in [2.24, 2.45) is 0 Å². The molecule has 0 saturated carbocycles. The molecule has 0 spiro atoms. The highest BCUT2D eigenvalue weighted by molar-refractivity contribution is 6.10. The Morgan fingerprint density at radius 1 is 0.304 bits per heavy atom. The van der Waals surface area contributed by atoms with Crippen molar-refractivity contribution in [2.75, 3.05) is 4.90 Å². The minimum Gasteiger partial charge on any atom is -0.303 e. The Morgan fingerprint density at radius 3 is 1.27 bits per heavy atom. The summed E-state index contributed by atoms with van der Waals surface area (Å²) in [5.74, 6) is 0. The van der Waals surface area contributed by atoms with Crippen LogP contribution in [0.15, 0.2) is 166 Å². The molecule has 10 heteroatoms. The second-order valence-corrected chi connectivity index (χ2v) is 14.0. The molecule has 0 bridgehead atoms. The molecule has 0 radical (unpaired) electrons. The van der Waals surface area contributed by atoms with Gasteiger partial charge in [-0.1, -0.05) is 78.9 Å². The Bertz CT molecular complexity index is 3340. The highest BCUT2D eigenvalue weighted by Gasteiger charge is 2.27. The van der Waals surface area contributed by atoms with E-state index >= 15 is 0 Å². The van der Waals surface area contributed by atoms with Gasteiger partial charge in [-0.15, -0.1) is 0 Å². The van der Waals surface area contributed by atoms with E-state index in [1.807, 2.05) is 47.4 Å². The molecule has 262 valence electrons. The molecule has 9 aromatic carbocycles. The highest BCUT2D eigenvalue weighted by Crippen LogP contribution is 2.46. The van der Waals surface area contributed by atoms with E-state index in [0.29, 0.717) is 50.2 Å². The van der Waals surface area contributed by atoms with Gasteiger partial charge in [0.1, 0.15) is 16.6 Å². The van der Waals surface area contributed by atoms with Gasteiger partial charge < -0.3 is 4.90 Å². The summed E-state index contributed by atoms with van der Waals surface area (Å²) in [6.07, 6.45) is 0. The average Bonchev–Trinajstić information content (AvgIpc) is 4.04. The van der Waals surface area contributed by atoms with Gasteiger partial charge in [-0.25, -0.2) is 13.9 Å². The predicted molar refractivity (Wildman–Crippen MR) is 218 cm³/mol. The number of fused-ring (bicyclic) bond motifs is 7. The largest absolute Gasteiger partial charge is 0.303 e. The number of nitrogens with zero attached hydrogens (tertiary/aromatic N) is 7. The molecule has 0 aliphatic carbocycles. The molecule has 3 aromatic heterocycles. The van der Waals surface area contributed by atoms with Crippen molar-refractivity contribution in [3.8, 4) is 22.3 Å². The molecule has 12 aromatic rings. The Kier molecular flexibility index (Phi) is 6.40. The maximum Gasteiger partial charge on any atom is 0.159 e. The SMILES string of the molecule is c1ccc2cc3cc(-c4ccc(N(c5cccc6nonc56)c5ccc(-c6ccc7cc8ccccc8cc7c6)c6nonc56)c5nonc45)ccc3cc2c1. The van der Waals surface area contributed by atoms with Crippen molar-refractivity contribution < 1.29 is 13.9 Å². The molecule has 0 atom stereocenters. The first-order chi connectivity index (χ1) is 27.7. The predicted octanol–water partition coefficient (Wildman–Crippen LogP) is 11.7. The third kappa shape index (κ3) is 4.62. The quantitative estimate of drug-likeness (QED) is 0.159. The third-order valence-corrected chi connectivity index (χ3v) is 10.8. The zero-order valence-corrected chi connectivity index (χ0v) is 29.3. The molecule has 10 nitrogen and oxygen atoms in total. The smallest absolute Gasteiger partial charge is 0.159 e. The number of hydrogen-bond donors (Lipinski definition) is 0. The van der Waals surface area contributed by atoms with Crippen LogP contribution in [0.25, 0.3) is 98.4 Å². The van der Waals surface area contributed by atoms with E-state index in [0.717, 1.165) is 43.8 Å². The summed E-state index contributed by atoms with van der Waals surface area (Å²) < 4.78 is 16.2. The van der Waals surface area contributed by atoms with Crippen LogP contribution in [0.3, 0.4) is 0 Å². The Balaban J connectivity index is 1.04. The molecule has 0 unspecified atom stereocenters. The van der Waals surface area contributed by atoms with Crippen molar-refractivity contribution in [1.29, 1.82) is 0 Å². The zero-order chi connectivity index (χ0) is 36.7. The summed E-state index contributed by atoms with van der Waals surface area (Å²) in [4.78, 5) is 2.01. The van der Waals surface area contributed by atoms with Gasteiger partial charge in [0.25, 0.3) is 0 Å². The normalized spacial score (nSPS) is 11.9. The zero-order valence-electron chi connectivity index (χ0n) is 29.3. The minimum absolute atomic E-state index is 0.546. The summed E-state index contributed by atoms with van der Waals surface area (Å²) in [6, 6.07) is 52.3. The van der Waals surface area contributed by atoms with Crippen LogP contribution in [0.5, 0.6) is 0 Å². The number of rotatable bonds is 5. The second kappa shape index (κ2) is 11.8. The number of anilines is 3. The van der Waals surface area contributed by atoms with Crippen LogP contribution in [0.1, 0.15) is 0 Å². The Morgan fingerprint density at radius 2 is 0.732 bits per heavy atom. The molecule has 0 fully saturated rings. The monoisotopic (exact) mass is 723 g/mol. The van der Waals surface area contributed by atoms with Gasteiger partial charge in [0, 0.05) is 11.1 Å². The van der Waals surface area contributed by atoms with Crippen molar-refractivity contribution in [3.63, 3.8) is 0 Å². The number of hydrogen-bond acceptors (Lipinski definition) is 10. The van der Waals surface area contributed by atoms with Crippen LogP contribution in [-0.2, 0) is 0 Å². The van der Waals surface area contributed by atoms with E-state index in [9.17, 15) is 0 Å². The summed E-state index contributed by atoms with van der Waals surface area (Å²) in [6.45, 7) is 0. The lowest BCUT2D eigenvalue weighted by Gasteiger charge is -2.25. The Labute approximate surface area is 316 Å². The van der Waals surface area contributed by atoms with Gasteiger partial charge in [-0.2, -0.15) is 0 Å². The maximum atomic E-state index is 5.50. The average molecular weight is 724 g/mol. The molecule has 56 heavy (non-hydrogen) atoms. The van der Waals surface area contributed by atoms with E-state index < -0.39 is 0 Å². The third-order valence-electron chi connectivity index (χ3n) is 10.8. The lowest BCUT2D eigenvalue weighted by molar-refractivity contribution is 0.315. The molecule has 0 N–H and O–H groups in total. The second-order valence-electron chi connectivity index (χ2n) is 14.0. The fourth-order valence-electron chi connectivity index (χ4n) is 8.11. The first-order valence-corrected chi connectivity index (χ1v) is 18.1. The van der Waals surface area contributed by atoms with Crippen molar-refractivity contribution in [1.82, 2.24) is 30.9 Å². The molecular formula is C46H25N7O3. The fourth-order valence-corrected chi connectivity index (χ4v) is 8.11. The van der Waals surface area contributed by atoms with Crippen LogP contribution in [-0.4, -0.2) is 30.9 Å². The van der Waals surface area contributed by atoms with Gasteiger partial charge in [0.15, 0.2) is 16.6 Å². The molecule has 0 saturated heterocycles. The topological polar surface area (TPSA) is 120 Å². The van der Waals surface area contributed by atoms with Crippen molar-refractivity contribution in [3.05, 3.63) is 152 Å². The molecular weight excluding hydrogens is 699 g/mol. The summed E-state index contributed by atoms with van der Waals surface area (Å²) in [5.41, 5.74) is 9.25. The van der Waals surface area contributed by atoms with E-state index in [1.54, 1.807) is 0 Å². The number of aromatic nitrogens is 6. The van der Waals surface area contributed by atoms with Gasteiger partial charge >= 0.3 is 0 Å². The fraction of sp³-hybridized carbons (Fsp3) is 0.